The number of aliphatic hydroxyl groups is 1. The molecule has 0 spiro atoms. The molecule has 5 nitrogen and oxygen atoms in total. The Kier molecular flexibility index (Phi) is 4.30. The summed E-state index contributed by atoms with van der Waals surface area (Å²) in [6.45, 7) is 3.23. The summed E-state index contributed by atoms with van der Waals surface area (Å²) in [7, 11) is 0. The number of nitrogens with one attached hydrogen (secondary N) is 1. The van der Waals surface area contributed by atoms with Gasteiger partial charge >= 0.3 is 6.03 Å². The minimum absolute atomic E-state index is 0.0482. The van der Waals surface area contributed by atoms with E-state index in [0.717, 1.165) is 10.5 Å². The molecule has 130 valence electrons. The molecule has 1 fully saturated rings. The van der Waals surface area contributed by atoms with Crippen molar-refractivity contribution in [1.82, 2.24) is 10.2 Å². The number of aryl methyl sites for hydroxylation is 1. The van der Waals surface area contributed by atoms with E-state index < -0.39 is 29.4 Å². The molecule has 1 aliphatic rings. The number of hydrogen-bond donors (Lipinski definition) is 2. The van der Waals surface area contributed by atoms with Crippen LogP contribution < -0.4 is 5.32 Å². The third kappa shape index (κ3) is 3.00. The average Bonchev–Trinajstić information content (AvgIpc) is 2.80. The Balaban J connectivity index is 1.84. The van der Waals surface area contributed by atoms with Gasteiger partial charge in [-0.1, -0.05) is 48.0 Å². The Morgan fingerprint density at radius 2 is 1.80 bits per heavy atom. The van der Waals surface area contributed by atoms with Gasteiger partial charge in [-0.05, 0) is 25.5 Å². The molecule has 0 radical (unpaired) electrons. The van der Waals surface area contributed by atoms with Gasteiger partial charge in [-0.3, -0.25) is 9.69 Å². The minimum Gasteiger partial charge on any atom is -0.386 e. The maximum atomic E-state index is 13.8. The molecule has 3 rings (SSSR count). The lowest BCUT2D eigenvalue weighted by Gasteiger charge is -2.23. The zero-order valence-electron chi connectivity index (χ0n) is 14.0. The van der Waals surface area contributed by atoms with Crippen LogP contribution in [0.1, 0.15) is 29.7 Å². The molecule has 2 atom stereocenters. The zero-order valence-corrected chi connectivity index (χ0v) is 14.0. The highest BCUT2D eigenvalue weighted by Gasteiger charge is 2.49. The Morgan fingerprint density at radius 3 is 2.44 bits per heavy atom. The maximum Gasteiger partial charge on any atom is 0.325 e. The van der Waals surface area contributed by atoms with Crippen LogP contribution in [-0.4, -0.2) is 28.5 Å². The molecule has 0 aliphatic carbocycles. The number of hydrogen-bond acceptors (Lipinski definition) is 3. The van der Waals surface area contributed by atoms with Crippen LogP contribution in [0.15, 0.2) is 48.5 Å². The fourth-order valence-corrected chi connectivity index (χ4v) is 2.96. The lowest BCUT2D eigenvalue weighted by atomic mass is 9.91. The van der Waals surface area contributed by atoms with Crippen molar-refractivity contribution in [1.29, 1.82) is 0 Å². The van der Waals surface area contributed by atoms with Gasteiger partial charge in [0.25, 0.3) is 5.91 Å². The molecule has 1 aliphatic heterocycles. The first-order valence-electron chi connectivity index (χ1n) is 7.96. The van der Waals surface area contributed by atoms with Crippen LogP contribution in [0.2, 0.25) is 0 Å². The summed E-state index contributed by atoms with van der Waals surface area (Å²) in [5.74, 6) is -1.06. The quantitative estimate of drug-likeness (QED) is 0.839. The number of benzene rings is 2. The Labute approximate surface area is 145 Å². The highest BCUT2D eigenvalue weighted by molar-refractivity contribution is 6.07. The fraction of sp³-hybridized carbons (Fsp3) is 0.263. The van der Waals surface area contributed by atoms with Crippen LogP contribution in [0.25, 0.3) is 0 Å². The number of nitrogens with zero attached hydrogens (tertiary/aromatic N) is 1. The van der Waals surface area contributed by atoms with Crippen molar-refractivity contribution in [2.24, 2.45) is 0 Å². The fourth-order valence-electron chi connectivity index (χ4n) is 2.96. The standard InChI is InChI=1S/C19H19FN2O3/c1-12-7-9-13(10-8-12)19(2)17(24)22(18(25)21-19)11-16(23)14-5-3-4-6-15(14)20/h3-10,16,23H,11H2,1-2H3,(H,21,25)/t16-,19-/m1/s1. The molecule has 25 heavy (non-hydrogen) atoms. The van der Waals surface area contributed by atoms with Gasteiger partial charge in [0.2, 0.25) is 0 Å². The number of halogens is 1. The molecule has 1 heterocycles. The lowest BCUT2D eigenvalue weighted by Crippen LogP contribution is -2.41. The minimum atomic E-state index is -1.30. The molecule has 2 aromatic carbocycles. The Bertz CT molecular complexity index is 822. The second-order valence-electron chi connectivity index (χ2n) is 6.37. The van der Waals surface area contributed by atoms with Crippen molar-refractivity contribution in [3.63, 3.8) is 0 Å². The Hall–Kier alpha value is -2.73. The van der Waals surface area contributed by atoms with Crippen LogP contribution in [0.4, 0.5) is 9.18 Å². The van der Waals surface area contributed by atoms with E-state index in [-0.39, 0.29) is 12.1 Å². The number of aliphatic hydroxyl groups excluding tert-OH is 1. The molecular weight excluding hydrogens is 323 g/mol. The summed E-state index contributed by atoms with van der Waals surface area (Å²) >= 11 is 0. The second kappa shape index (κ2) is 6.29. The maximum absolute atomic E-state index is 13.8. The smallest absolute Gasteiger partial charge is 0.325 e. The van der Waals surface area contributed by atoms with Gasteiger partial charge in [-0.2, -0.15) is 0 Å². The van der Waals surface area contributed by atoms with E-state index in [9.17, 15) is 19.1 Å². The van der Waals surface area contributed by atoms with Crippen LogP contribution in [0.3, 0.4) is 0 Å². The van der Waals surface area contributed by atoms with Crippen LogP contribution in [0, 0.1) is 12.7 Å². The van der Waals surface area contributed by atoms with E-state index in [4.69, 9.17) is 0 Å². The van der Waals surface area contributed by atoms with Gasteiger partial charge in [-0.25, -0.2) is 9.18 Å². The van der Waals surface area contributed by atoms with E-state index in [1.807, 2.05) is 19.1 Å². The number of amides is 3. The molecule has 0 aromatic heterocycles. The largest absolute Gasteiger partial charge is 0.386 e. The van der Waals surface area contributed by atoms with Gasteiger partial charge < -0.3 is 10.4 Å². The van der Waals surface area contributed by atoms with Gasteiger partial charge in [-0.15, -0.1) is 0 Å². The van der Waals surface area contributed by atoms with Crippen LogP contribution in [0.5, 0.6) is 0 Å². The van der Waals surface area contributed by atoms with Crippen LogP contribution in [-0.2, 0) is 10.3 Å². The van der Waals surface area contributed by atoms with Crippen molar-refractivity contribution in [3.8, 4) is 0 Å². The zero-order chi connectivity index (χ0) is 18.2. The van der Waals surface area contributed by atoms with Gasteiger partial charge in [0.05, 0.1) is 12.6 Å². The predicted octanol–water partition coefficient (Wildman–Crippen LogP) is 2.63. The number of carbonyl (C=O) groups is 2. The monoisotopic (exact) mass is 342 g/mol. The number of β-amino-alcohol motifs (C(OH)–C–C–N with tert-alkyl or cyclic N) is 1. The summed E-state index contributed by atoms with van der Waals surface area (Å²) in [5, 5.41) is 12.9. The van der Waals surface area contributed by atoms with Crippen molar-refractivity contribution in [3.05, 3.63) is 71.0 Å². The van der Waals surface area contributed by atoms with Crippen molar-refractivity contribution >= 4 is 11.9 Å². The van der Waals surface area contributed by atoms with E-state index in [2.05, 4.69) is 5.32 Å². The lowest BCUT2D eigenvalue weighted by molar-refractivity contribution is -0.132. The number of carbonyl (C=O) groups excluding carboxylic acids is 2. The first kappa shape index (κ1) is 17.1. The van der Waals surface area contributed by atoms with E-state index in [1.54, 1.807) is 25.1 Å². The molecule has 0 bridgehead atoms. The highest BCUT2D eigenvalue weighted by Crippen LogP contribution is 2.30. The van der Waals surface area contributed by atoms with E-state index in [1.165, 1.54) is 18.2 Å². The van der Waals surface area contributed by atoms with Crippen molar-refractivity contribution in [2.45, 2.75) is 25.5 Å². The first-order chi connectivity index (χ1) is 11.8. The molecule has 0 unspecified atom stereocenters. The predicted molar refractivity (Wildman–Crippen MR) is 90.1 cm³/mol. The summed E-state index contributed by atoms with van der Waals surface area (Å²) in [4.78, 5) is 26.0. The second-order valence-corrected chi connectivity index (χ2v) is 6.37. The van der Waals surface area contributed by atoms with Gasteiger partial charge in [0, 0.05) is 5.56 Å². The summed E-state index contributed by atoms with van der Waals surface area (Å²) in [6, 6.07) is 12.4. The Morgan fingerprint density at radius 1 is 1.16 bits per heavy atom. The SMILES string of the molecule is Cc1ccc([C@@]2(C)NC(=O)N(C[C@@H](O)c3ccccc3F)C2=O)cc1. The number of rotatable bonds is 4. The van der Waals surface area contributed by atoms with E-state index >= 15 is 0 Å². The molecule has 2 N–H and O–H groups in total. The average molecular weight is 342 g/mol. The summed E-state index contributed by atoms with van der Waals surface area (Å²) in [6.07, 6.45) is -1.30. The highest BCUT2D eigenvalue weighted by atomic mass is 19.1. The van der Waals surface area contributed by atoms with Gasteiger partial charge in [0.15, 0.2) is 0 Å². The molecule has 3 amide bonds. The van der Waals surface area contributed by atoms with E-state index in [0.29, 0.717) is 5.56 Å². The third-order valence-electron chi connectivity index (χ3n) is 4.52. The third-order valence-corrected chi connectivity index (χ3v) is 4.52. The summed E-state index contributed by atoms with van der Waals surface area (Å²) < 4.78 is 13.8. The molecule has 1 saturated heterocycles. The normalized spacial score (nSPS) is 21.4. The number of imide groups is 1. The topological polar surface area (TPSA) is 69.6 Å². The van der Waals surface area contributed by atoms with Gasteiger partial charge in [0.1, 0.15) is 11.4 Å². The molecule has 2 aromatic rings. The molecular formula is C19H19FN2O3. The van der Waals surface area contributed by atoms with Crippen LogP contribution >= 0.6 is 0 Å². The van der Waals surface area contributed by atoms with Crippen molar-refractivity contribution < 1.29 is 19.1 Å². The summed E-state index contributed by atoms with van der Waals surface area (Å²) in [5.41, 5.74) is 0.530. The number of urea groups is 1. The van der Waals surface area contributed by atoms with Crippen molar-refractivity contribution in [2.75, 3.05) is 6.54 Å². The molecule has 6 heteroatoms. The molecule has 0 saturated carbocycles. The first-order valence-corrected chi connectivity index (χ1v) is 7.96.